The highest BCUT2D eigenvalue weighted by atomic mass is 16.5. The molecule has 0 saturated carbocycles. The van der Waals surface area contributed by atoms with Crippen molar-refractivity contribution >= 4 is 0 Å². The average Bonchev–Trinajstić information content (AvgIpc) is 2.94. The molecule has 0 saturated heterocycles. The van der Waals surface area contributed by atoms with Gasteiger partial charge in [-0.2, -0.15) is 5.10 Å². The number of nitrogens with two attached hydrogens (primary N) is 1. The average molecular weight is 289 g/mol. The first-order chi connectivity index (χ1) is 10.1. The summed E-state index contributed by atoms with van der Waals surface area (Å²) >= 11 is 0. The summed E-state index contributed by atoms with van der Waals surface area (Å²) in [6.07, 6.45) is 2.64. The van der Waals surface area contributed by atoms with Crippen LogP contribution in [0.5, 0.6) is 11.5 Å². The van der Waals surface area contributed by atoms with Crippen molar-refractivity contribution in [2.24, 2.45) is 5.73 Å². The Balaban J connectivity index is 2.21. The van der Waals surface area contributed by atoms with Crippen LogP contribution in [0.3, 0.4) is 0 Å². The molecule has 0 aliphatic rings. The molecule has 0 radical (unpaired) electrons. The van der Waals surface area contributed by atoms with Gasteiger partial charge in [-0.05, 0) is 26.0 Å². The van der Waals surface area contributed by atoms with E-state index in [1.165, 1.54) is 0 Å². The lowest BCUT2D eigenvalue weighted by atomic mass is 10.0. The number of rotatable bonds is 6. The van der Waals surface area contributed by atoms with E-state index in [0.717, 1.165) is 11.3 Å². The lowest BCUT2D eigenvalue weighted by molar-refractivity contribution is 0.349. The van der Waals surface area contributed by atoms with E-state index in [4.69, 9.17) is 15.2 Å². The minimum absolute atomic E-state index is 0.189. The summed E-state index contributed by atoms with van der Waals surface area (Å²) in [7, 11) is 3.25. The van der Waals surface area contributed by atoms with Gasteiger partial charge in [-0.15, -0.1) is 0 Å². The second kappa shape index (κ2) is 6.63. The molecule has 1 heterocycles. The normalized spacial score (nSPS) is 12.5. The molecule has 1 atom stereocenters. The largest absolute Gasteiger partial charge is 0.493 e. The highest BCUT2D eigenvalue weighted by molar-refractivity contribution is 5.48. The summed E-state index contributed by atoms with van der Waals surface area (Å²) in [5.74, 6) is 1.38. The molecule has 2 rings (SSSR count). The zero-order valence-electron chi connectivity index (χ0n) is 13.0. The van der Waals surface area contributed by atoms with Gasteiger partial charge in [-0.25, -0.2) is 0 Å². The zero-order valence-corrected chi connectivity index (χ0v) is 13.0. The first-order valence-electron chi connectivity index (χ1n) is 7.07. The van der Waals surface area contributed by atoms with E-state index in [1.807, 2.05) is 35.1 Å². The third-order valence-electron chi connectivity index (χ3n) is 3.45. The van der Waals surface area contributed by atoms with E-state index < -0.39 is 0 Å². The fourth-order valence-corrected chi connectivity index (χ4v) is 2.31. The first kappa shape index (κ1) is 15.4. The van der Waals surface area contributed by atoms with Gasteiger partial charge >= 0.3 is 0 Å². The van der Waals surface area contributed by atoms with Gasteiger partial charge in [0.15, 0.2) is 11.5 Å². The van der Waals surface area contributed by atoms with E-state index in [0.29, 0.717) is 24.0 Å². The molecule has 0 aliphatic heterocycles. The SMILES string of the molecule is COc1cccc(C(N)Cc2ccn(C(C)C)n2)c1OC. The summed E-state index contributed by atoms with van der Waals surface area (Å²) in [6.45, 7) is 4.20. The quantitative estimate of drug-likeness (QED) is 0.888. The second-order valence-corrected chi connectivity index (χ2v) is 5.27. The number of benzene rings is 1. The molecule has 5 heteroatoms. The van der Waals surface area contributed by atoms with E-state index in [9.17, 15) is 0 Å². The van der Waals surface area contributed by atoms with Gasteiger partial charge in [-0.3, -0.25) is 4.68 Å². The molecule has 0 aliphatic carbocycles. The maximum Gasteiger partial charge on any atom is 0.165 e. The zero-order chi connectivity index (χ0) is 15.4. The van der Waals surface area contributed by atoms with Gasteiger partial charge in [0.1, 0.15) is 0 Å². The molecule has 0 amide bonds. The monoisotopic (exact) mass is 289 g/mol. The molecule has 21 heavy (non-hydrogen) atoms. The van der Waals surface area contributed by atoms with E-state index >= 15 is 0 Å². The van der Waals surface area contributed by atoms with Crippen LogP contribution in [0.4, 0.5) is 0 Å². The minimum atomic E-state index is -0.189. The lowest BCUT2D eigenvalue weighted by Gasteiger charge is -2.17. The highest BCUT2D eigenvalue weighted by Crippen LogP contribution is 2.34. The Labute approximate surface area is 125 Å². The number of nitrogens with zero attached hydrogens (tertiary/aromatic N) is 2. The molecule has 1 unspecified atom stereocenters. The predicted molar refractivity (Wildman–Crippen MR) is 82.8 cm³/mol. The standard InChI is InChI=1S/C16H23N3O2/c1-11(2)19-9-8-12(18-19)10-14(17)13-6-5-7-15(20-3)16(13)21-4/h5-9,11,14H,10,17H2,1-4H3. The molecule has 0 bridgehead atoms. The number of methoxy groups -OCH3 is 2. The van der Waals surface area contributed by atoms with Crippen LogP contribution in [0.25, 0.3) is 0 Å². The minimum Gasteiger partial charge on any atom is -0.493 e. The van der Waals surface area contributed by atoms with Crippen LogP contribution >= 0.6 is 0 Å². The fourth-order valence-electron chi connectivity index (χ4n) is 2.31. The smallest absolute Gasteiger partial charge is 0.165 e. The van der Waals surface area contributed by atoms with Crippen molar-refractivity contribution in [3.63, 3.8) is 0 Å². The van der Waals surface area contributed by atoms with Crippen molar-refractivity contribution in [2.45, 2.75) is 32.4 Å². The Kier molecular flexibility index (Phi) is 4.85. The van der Waals surface area contributed by atoms with Gasteiger partial charge < -0.3 is 15.2 Å². The van der Waals surface area contributed by atoms with Crippen molar-refractivity contribution in [3.8, 4) is 11.5 Å². The van der Waals surface area contributed by atoms with Crippen LogP contribution in [0.1, 0.15) is 37.2 Å². The van der Waals surface area contributed by atoms with Crippen LogP contribution in [0, 0.1) is 0 Å². The lowest BCUT2D eigenvalue weighted by Crippen LogP contribution is -2.15. The van der Waals surface area contributed by atoms with Crippen LogP contribution in [0.2, 0.25) is 0 Å². The van der Waals surface area contributed by atoms with Crippen LogP contribution < -0.4 is 15.2 Å². The fraction of sp³-hybridized carbons (Fsp3) is 0.438. The molecule has 2 aromatic rings. The van der Waals surface area contributed by atoms with E-state index in [-0.39, 0.29) is 6.04 Å². The van der Waals surface area contributed by atoms with Crippen LogP contribution in [0.15, 0.2) is 30.5 Å². The Morgan fingerprint density at radius 3 is 2.52 bits per heavy atom. The highest BCUT2D eigenvalue weighted by Gasteiger charge is 2.17. The number of hydrogen-bond acceptors (Lipinski definition) is 4. The van der Waals surface area contributed by atoms with Gasteiger partial charge in [0.25, 0.3) is 0 Å². The Hall–Kier alpha value is -2.01. The van der Waals surface area contributed by atoms with Crippen LogP contribution in [-0.4, -0.2) is 24.0 Å². The van der Waals surface area contributed by atoms with Crippen molar-refractivity contribution in [3.05, 3.63) is 41.7 Å². The van der Waals surface area contributed by atoms with Gasteiger partial charge in [0.05, 0.1) is 19.9 Å². The van der Waals surface area contributed by atoms with E-state index in [2.05, 4.69) is 18.9 Å². The topological polar surface area (TPSA) is 62.3 Å². The van der Waals surface area contributed by atoms with Crippen molar-refractivity contribution < 1.29 is 9.47 Å². The number of aromatic nitrogens is 2. The molecule has 114 valence electrons. The molecule has 5 nitrogen and oxygen atoms in total. The maximum absolute atomic E-state index is 6.33. The summed E-state index contributed by atoms with van der Waals surface area (Å²) < 4.78 is 12.7. The number of ether oxygens (including phenoxy) is 2. The Bertz CT molecular complexity index is 593. The summed E-state index contributed by atoms with van der Waals surface area (Å²) in [5, 5.41) is 4.54. The van der Waals surface area contributed by atoms with Crippen molar-refractivity contribution in [1.29, 1.82) is 0 Å². The second-order valence-electron chi connectivity index (χ2n) is 5.27. The summed E-state index contributed by atoms with van der Waals surface area (Å²) in [5.41, 5.74) is 8.23. The van der Waals surface area contributed by atoms with Crippen LogP contribution in [-0.2, 0) is 6.42 Å². The molecule has 2 N–H and O–H groups in total. The maximum atomic E-state index is 6.33. The van der Waals surface area contributed by atoms with Crippen molar-refractivity contribution in [1.82, 2.24) is 9.78 Å². The summed E-state index contributed by atoms with van der Waals surface area (Å²) in [6, 6.07) is 7.91. The molecule has 0 spiro atoms. The molecular weight excluding hydrogens is 266 g/mol. The van der Waals surface area contributed by atoms with Gasteiger partial charge in [0, 0.05) is 30.3 Å². The summed E-state index contributed by atoms with van der Waals surface area (Å²) in [4.78, 5) is 0. The Morgan fingerprint density at radius 2 is 1.95 bits per heavy atom. The predicted octanol–water partition coefficient (Wildman–Crippen LogP) is 2.72. The number of para-hydroxylation sites is 1. The van der Waals surface area contributed by atoms with E-state index in [1.54, 1.807) is 14.2 Å². The van der Waals surface area contributed by atoms with Gasteiger partial charge in [0.2, 0.25) is 0 Å². The van der Waals surface area contributed by atoms with Gasteiger partial charge in [-0.1, -0.05) is 12.1 Å². The number of hydrogen-bond donors (Lipinski definition) is 1. The Morgan fingerprint density at radius 1 is 1.19 bits per heavy atom. The van der Waals surface area contributed by atoms with Crippen molar-refractivity contribution in [2.75, 3.05) is 14.2 Å². The first-order valence-corrected chi connectivity index (χ1v) is 7.07. The molecule has 0 fully saturated rings. The third-order valence-corrected chi connectivity index (χ3v) is 3.45. The molecular formula is C16H23N3O2. The third kappa shape index (κ3) is 3.36. The molecule has 1 aromatic heterocycles. The molecule has 1 aromatic carbocycles.